The molecule has 1 amide bonds. The fraction of sp³-hybridized carbons (Fsp3) is 0.529. The van der Waals surface area contributed by atoms with E-state index in [0.717, 1.165) is 18.6 Å². The number of benzene rings is 1. The molecule has 1 aromatic carbocycles. The maximum absolute atomic E-state index is 12.3. The highest BCUT2D eigenvalue weighted by atomic mass is 16.5. The van der Waals surface area contributed by atoms with Gasteiger partial charge in [0, 0.05) is 13.1 Å². The summed E-state index contributed by atoms with van der Waals surface area (Å²) in [6.45, 7) is 1.40. The van der Waals surface area contributed by atoms with Gasteiger partial charge in [0.05, 0.1) is 18.9 Å². The third kappa shape index (κ3) is 2.80. The van der Waals surface area contributed by atoms with Gasteiger partial charge < -0.3 is 14.7 Å². The quantitative estimate of drug-likeness (QED) is 0.925. The van der Waals surface area contributed by atoms with Crippen LogP contribution in [0.2, 0.25) is 0 Å². The van der Waals surface area contributed by atoms with E-state index in [2.05, 4.69) is 6.07 Å². The van der Waals surface area contributed by atoms with Crippen LogP contribution in [-0.4, -0.2) is 42.1 Å². The lowest BCUT2D eigenvalue weighted by Gasteiger charge is -2.33. The number of nitrogens with zero attached hydrogens (tertiary/aromatic N) is 1. The third-order valence-electron chi connectivity index (χ3n) is 4.81. The maximum Gasteiger partial charge on any atom is 0.307 e. The predicted octanol–water partition coefficient (Wildman–Crippen LogP) is 2.12. The molecule has 2 unspecified atom stereocenters. The van der Waals surface area contributed by atoms with Crippen LogP contribution in [0.1, 0.15) is 30.7 Å². The van der Waals surface area contributed by atoms with Gasteiger partial charge in [-0.05, 0) is 36.8 Å². The Morgan fingerprint density at radius 3 is 2.45 bits per heavy atom. The number of carbonyl (C=O) groups is 2. The van der Waals surface area contributed by atoms with Gasteiger partial charge in [-0.2, -0.15) is 0 Å². The molecule has 2 fully saturated rings. The van der Waals surface area contributed by atoms with Crippen molar-refractivity contribution in [3.8, 4) is 5.75 Å². The van der Waals surface area contributed by atoms with Gasteiger partial charge in [0.1, 0.15) is 5.75 Å². The number of methoxy groups -OCH3 is 1. The van der Waals surface area contributed by atoms with Gasteiger partial charge >= 0.3 is 5.97 Å². The summed E-state index contributed by atoms with van der Waals surface area (Å²) in [5.74, 6) is -0.275. The van der Waals surface area contributed by atoms with Crippen molar-refractivity contribution in [3.63, 3.8) is 0 Å². The summed E-state index contributed by atoms with van der Waals surface area (Å²) in [6, 6.07) is 8.02. The highest BCUT2D eigenvalue weighted by Gasteiger charge is 2.50. The Morgan fingerprint density at radius 2 is 1.86 bits per heavy atom. The molecule has 1 saturated heterocycles. The number of piperidine rings is 1. The van der Waals surface area contributed by atoms with Gasteiger partial charge in [-0.3, -0.25) is 9.59 Å². The summed E-state index contributed by atoms with van der Waals surface area (Å²) >= 11 is 0. The van der Waals surface area contributed by atoms with Crippen molar-refractivity contribution in [2.75, 3.05) is 20.2 Å². The lowest BCUT2D eigenvalue weighted by atomic mass is 9.88. The first-order valence-electron chi connectivity index (χ1n) is 7.76. The van der Waals surface area contributed by atoms with E-state index < -0.39 is 11.9 Å². The van der Waals surface area contributed by atoms with Gasteiger partial charge in [0.2, 0.25) is 5.91 Å². The van der Waals surface area contributed by atoms with Gasteiger partial charge in [-0.25, -0.2) is 0 Å². The number of carbonyl (C=O) groups excluding carboxylic acids is 1. The van der Waals surface area contributed by atoms with Crippen molar-refractivity contribution in [2.24, 2.45) is 11.8 Å². The summed E-state index contributed by atoms with van der Waals surface area (Å²) in [6.07, 6.45) is 2.30. The molecular formula is C17H21NO4. The summed E-state index contributed by atoms with van der Waals surface area (Å²) in [4.78, 5) is 25.0. The zero-order valence-corrected chi connectivity index (χ0v) is 12.7. The van der Waals surface area contributed by atoms with Crippen LogP contribution in [0.5, 0.6) is 5.75 Å². The number of aliphatic carboxylic acids is 1. The van der Waals surface area contributed by atoms with Gasteiger partial charge in [0.15, 0.2) is 0 Å². The van der Waals surface area contributed by atoms with E-state index in [9.17, 15) is 9.59 Å². The Morgan fingerprint density at radius 1 is 1.18 bits per heavy atom. The van der Waals surface area contributed by atoms with E-state index in [1.807, 2.05) is 23.1 Å². The van der Waals surface area contributed by atoms with Crippen LogP contribution in [0.15, 0.2) is 24.3 Å². The van der Waals surface area contributed by atoms with Crippen molar-refractivity contribution in [1.29, 1.82) is 0 Å². The Bertz CT molecular complexity index is 578. The number of amides is 1. The van der Waals surface area contributed by atoms with Gasteiger partial charge in [-0.1, -0.05) is 18.2 Å². The van der Waals surface area contributed by atoms with Crippen LogP contribution in [0.4, 0.5) is 0 Å². The SMILES string of the molecule is COc1ccccc1C1CCN(C(=O)C2CC2C(=O)O)CC1. The van der Waals surface area contributed by atoms with E-state index in [-0.39, 0.29) is 11.8 Å². The predicted molar refractivity (Wildman–Crippen MR) is 80.8 cm³/mol. The molecule has 22 heavy (non-hydrogen) atoms. The van der Waals surface area contributed by atoms with Crippen molar-refractivity contribution in [1.82, 2.24) is 4.90 Å². The first-order valence-corrected chi connectivity index (χ1v) is 7.76. The minimum Gasteiger partial charge on any atom is -0.496 e. The molecule has 1 aliphatic heterocycles. The molecule has 0 bridgehead atoms. The molecule has 0 radical (unpaired) electrons. The molecule has 1 N–H and O–H groups in total. The van der Waals surface area contributed by atoms with Crippen LogP contribution in [0.3, 0.4) is 0 Å². The minimum atomic E-state index is -0.845. The Kier molecular flexibility index (Phi) is 4.05. The first-order chi connectivity index (χ1) is 10.6. The Hall–Kier alpha value is -2.04. The standard InChI is InChI=1S/C17H21NO4/c1-22-15-5-3-2-4-12(15)11-6-8-18(9-7-11)16(19)13-10-14(13)17(20)21/h2-5,11,13-14H,6-10H2,1H3,(H,20,21). The molecule has 1 aliphatic carbocycles. The minimum absolute atomic E-state index is 0.0193. The van der Waals surface area contributed by atoms with Crippen LogP contribution < -0.4 is 4.74 Å². The highest BCUT2D eigenvalue weighted by molar-refractivity contribution is 5.89. The number of hydrogen-bond donors (Lipinski definition) is 1. The summed E-state index contributed by atoms with van der Waals surface area (Å²) in [5, 5.41) is 8.93. The largest absolute Gasteiger partial charge is 0.496 e. The number of carboxylic acid groups (broad SMARTS) is 1. The number of para-hydroxylation sites is 1. The number of likely N-dealkylation sites (tertiary alicyclic amines) is 1. The molecule has 3 rings (SSSR count). The monoisotopic (exact) mass is 303 g/mol. The third-order valence-corrected chi connectivity index (χ3v) is 4.81. The molecule has 0 aromatic heterocycles. The van der Waals surface area contributed by atoms with E-state index >= 15 is 0 Å². The Balaban J connectivity index is 1.59. The van der Waals surface area contributed by atoms with E-state index in [1.54, 1.807) is 7.11 Å². The van der Waals surface area contributed by atoms with E-state index in [4.69, 9.17) is 9.84 Å². The second-order valence-corrected chi connectivity index (χ2v) is 6.13. The van der Waals surface area contributed by atoms with Crippen LogP contribution in [0, 0.1) is 11.8 Å². The van der Waals surface area contributed by atoms with Crippen LogP contribution in [-0.2, 0) is 9.59 Å². The normalized spacial score (nSPS) is 24.9. The fourth-order valence-electron chi connectivity index (χ4n) is 3.39. The Labute approximate surface area is 129 Å². The van der Waals surface area contributed by atoms with E-state index in [0.29, 0.717) is 25.4 Å². The van der Waals surface area contributed by atoms with Crippen molar-refractivity contribution in [3.05, 3.63) is 29.8 Å². The van der Waals surface area contributed by atoms with Gasteiger partial charge in [-0.15, -0.1) is 0 Å². The van der Waals surface area contributed by atoms with Crippen molar-refractivity contribution < 1.29 is 19.4 Å². The van der Waals surface area contributed by atoms with Crippen LogP contribution in [0.25, 0.3) is 0 Å². The summed E-state index contributed by atoms with van der Waals surface area (Å²) in [5.41, 5.74) is 1.20. The molecule has 118 valence electrons. The van der Waals surface area contributed by atoms with Gasteiger partial charge in [0.25, 0.3) is 0 Å². The fourth-order valence-corrected chi connectivity index (χ4v) is 3.39. The molecule has 0 spiro atoms. The average Bonchev–Trinajstić information content (AvgIpc) is 3.35. The molecule has 1 saturated carbocycles. The highest BCUT2D eigenvalue weighted by Crippen LogP contribution is 2.41. The van der Waals surface area contributed by atoms with E-state index in [1.165, 1.54) is 5.56 Å². The summed E-state index contributed by atoms with van der Waals surface area (Å²) < 4.78 is 5.42. The zero-order valence-electron chi connectivity index (χ0n) is 12.7. The number of ether oxygens (including phenoxy) is 1. The first kappa shape index (κ1) is 14.9. The molecule has 2 aliphatic rings. The number of rotatable bonds is 4. The van der Waals surface area contributed by atoms with Crippen molar-refractivity contribution >= 4 is 11.9 Å². The number of hydrogen-bond acceptors (Lipinski definition) is 3. The smallest absolute Gasteiger partial charge is 0.307 e. The second-order valence-electron chi connectivity index (χ2n) is 6.13. The molecule has 2 atom stereocenters. The topological polar surface area (TPSA) is 66.8 Å². The molecule has 1 aromatic rings. The molecule has 5 nitrogen and oxygen atoms in total. The average molecular weight is 303 g/mol. The van der Waals surface area contributed by atoms with Crippen molar-refractivity contribution in [2.45, 2.75) is 25.2 Å². The lowest BCUT2D eigenvalue weighted by molar-refractivity contribution is -0.142. The zero-order chi connectivity index (χ0) is 15.7. The lowest BCUT2D eigenvalue weighted by Crippen LogP contribution is -2.39. The second kappa shape index (κ2) is 5.99. The maximum atomic E-state index is 12.3. The molecular weight excluding hydrogens is 282 g/mol. The summed E-state index contributed by atoms with van der Waals surface area (Å²) in [7, 11) is 1.68. The molecule has 1 heterocycles. The number of carboxylic acids is 1. The van der Waals surface area contributed by atoms with Crippen LogP contribution >= 0.6 is 0 Å². The molecule has 5 heteroatoms.